The van der Waals surface area contributed by atoms with Gasteiger partial charge in [-0.15, -0.1) is 0 Å². The summed E-state index contributed by atoms with van der Waals surface area (Å²) < 4.78 is 22.0. The van der Waals surface area contributed by atoms with Gasteiger partial charge in [0.15, 0.2) is 11.5 Å². The number of carbonyl (C=O) groups is 1. The number of methoxy groups -OCH3 is 3. The number of likely N-dealkylation sites (N-methyl/N-ethyl adjacent to an activating group) is 1. The second-order valence-electron chi connectivity index (χ2n) is 6.97. The van der Waals surface area contributed by atoms with Crippen LogP contribution in [0.15, 0.2) is 36.4 Å². The van der Waals surface area contributed by atoms with Crippen LogP contribution in [0.1, 0.15) is 25.0 Å². The number of hydrogen-bond donors (Lipinski definition) is 1. The van der Waals surface area contributed by atoms with Crippen molar-refractivity contribution in [2.24, 2.45) is 0 Å². The molecule has 0 aromatic heterocycles. The summed E-state index contributed by atoms with van der Waals surface area (Å²) in [4.78, 5) is 14.9. The highest BCUT2D eigenvalue weighted by Crippen LogP contribution is 2.38. The van der Waals surface area contributed by atoms with Crippen molar-refractivity contribution >= 4 is 5.91 Å². The second-order valence-corrected chi connectivity index (χ2v) is 6.97. The molecule has 0 saturated carbocycles. The Kier molecular flexibility index (Phi) is 9.97. The molecule has 0 spiro atoms. The van der Waals surface area contributed by atoms with Gasteiger partial charge in [0.05, 0.1) is 27.8 Å². The number of para-hydroxylation sites is 1. The number of rotatable bonds is 13. The lowest BCUT2D eigenvalue weighted by molar-refractivity contribution is -0.120. The third kappa shape index (κ3) is 7.07. The first-order valence-electron chi connectivity index (χ1n) is 10.5. The van der Waals surface area contributed by atoms with Gasteiger partial charge in [0.25, 0.3) is 0 Å². The number of amides is 1. The van der Waals surface area contributed by atoms with Crippen molar-refractivity contribution in [2.75, 3.05) is 47.6 Å². The first kappa shape index (κ1) is 24.3. The van der Waals surface area contributed by atoms with Crippen LogP contribution in [-0.4, -0.2) is 58.4 Å². The summed E-state index contributed by atoms with van der Waals surface area (Å²) in [5.41, 5.74) is 1.72. The van der Waals surface area contributed by atoms with E-state index in [4.69, 9.17) is 18.9 Å². The summed E-state index contributed by atoms with van der Waals surface area (Å²) in [5, 5.41) is 2.97. The third-order valence-electron chi connectivity index (χ3n) is 5.10. The third-order valence-corrected chi connectivity index (χ3v) is 5.10. The summed E-state index contributed by atoms with van der Waals surface area (Å²) in [6.45, 7) is 8.15. The monoisotopic (exact) mass is 430 g/mol. The molecule has 0 aliphatic rings. The summed E-state index contributed by atoms with van der Waals surface area (Å²) in [5.74, 6) is 2.24. The summed E-state index contributed by atoms with van der Waals surface area (Å²) in [7, 11) is 4.66. The number of nitrogens with one attached hydrogen (secondary N) is 1. The lowest BCUT2D eigenvalue weighted by atomic mass is 10.1. The van der Waals surface area contributed by atoms with E-state index in [0.29, 0.717) is 30.4 Å². The normalized spacial score (nSPS) is 10.6. The Morgan fingerprint density at radius 3 is 2.16 bits per heavy atom. The van der Waals surface area contributed by atoms with E-state index in [9.17, 15) is 4.79 Å². The average molecular weight is 431 g/mol. The second kappa shape index (κ2) is 12.7. The molecule has 31 heavy (non-hydrogen) atoms. The van der Waals surface area contributed by atoms with Gasteiger partial charge < -0.3 is 29.2 Å². The van der Waals surface area contributed by atoms with E-state index in [0.717, 1.165) is 36.5 Å². The quantitative estimate of drug-likeness (QED) is 0.526. The molecule has 0 fully saturated rings. The SMILES string of the molecule is CCN(CC)CCOc1ccccc1CNC(=O)Cc1cc(OC)c(OC)c(OC)c1. The fraction of sp³-hybridized carbons (Fsp3) is 0.458. The molecule has 2 rings (SSSR count). The summed E-state index contributed by atoms with van der Waals surface area (Å²) in [6.07, 6.45) is 0.196. The van der Waals surface area contributed by atoms with E-state index in [1.807, 2.05) is 24.3 Å². The van der Waals surface area contributed by atoms with Crippen LogP contribution in [0.5, 0.6) is 23.0 Å². The number of benzene rings is 2. The maximum Gasteiger partial charge on any atom is 0.224 e. The van der Waals surface area contributed by atoms with Crippen LogP contribution in [0.3, 0.4) is 0 Å². The van der Waals surface area contributed by atoms with Crippen LogP contribution in [-0.2, 0) is 17.8 Å². The molecule has 1 amide bonds. The molecule has 7 nitrogen and oxygen atoms in total. The fourth-order valence-corrected chi connectivity index (χ4v) is 3.29. The molecule has 2 aromatic carbocycles. The molecule has 0 atom stereocenters. The van der Waals surface area contributed by atoms with Crippen LogP contribution in [0.4, 0.5) is 0 Å². The average Bonchev–Trinajstić information content (AvgIpc) is 2.80. The molecule has 0 aliphatic carbocycles. The van der Waals surface area contributed by atoms with Gasteiger partial charge in [-0.2, -0.15) is 0 Å². The highest BCUT2D eigenvalue weighted by Gasteiger charge is 2.15. The molecule has 2 aromatic rings. The van der Waals surface area contributed by atoms with Crippen molar-refractivity contribution in [3.05, 3.63) is 47.5 Å². The Hall–Kier alpha value is -2.93. The Morgan fingerprint density at radius 2 is 1.58 bits per heavy atom. The molecule has 0 aliphatic heterocycles. The number of carbonyl (C=O) groups excluding carboxylic acids is 1. The Balaban J connectivity index is 1.97. The van der Waals surface area contributed by atoms with Crippen molar-refractivity contribution in [3.8, 4) is 23.0 Å². The lowest BCUT2D eigenvalue weighted by Crippen LogP contribution is -2.28. The van der Waals surface area contributed by atoms with Gasteiger partial charge >= 0.3 is 0 Å². The van der Waals surface area contributed by atoms with Crippen molar-refractivity contribution in [3.63, 3.8) is 0 Å². The smallest absolute Gasteiger partial charge is 0.224 e. The van der Waals surface area contributed by atoms with Gasteiger partial charge in [-0.3, -0.25) is 4.79 Å². The Bertz CT molecular complexity index is 811. The topological polar surface area (TPSA) is 69.3 Å². The minimum absolute atomic E-state index is 0.104. The Labute approximate surface area is 185 Å². The van der Waals surface area contributed by atoms with Crippen molar-refractivity contribution in [1.82, 2.24) is 10.2 Å². The van der Waals surface area contributed by atoms with Crippen LogP contribution in [0.25, 0.3) is 0 Å². The van der Waals surface area contributed by atoms with E-state index in [1.54, 1.807) is 33.5 Å². The van der Waals surface area contributed by atoms with E-state index < -0.39 is 0 Å². The lowest BCUT2D eigenvalue weighted by Gasteiger charge is -2.19. The summed E-state index contributed by atoms with van der Waals surface area (Å²) >= 11 is 0. The van der Waals surface area contributed by atoms with Crippen LogP contribution in [0, 0.1) is 0 Å². The first-order valence-corrected chi connectivity index (χ1v) is 10.5. The van der Waals surface area contributed by atoms with E-state index in [1.165, 1.54) is 0 Å². The van der Waals surface area contributed by atoms with Gasteiger partial charge in [-0.1, -0.05) is 32.0 Å². The first-order chi connectivity index (χ1) is 15.1. The molecule has 0 radical (unpaired) electrons. The molecule has 170 valence electrons. The molecular weight excluding hydrogens is 396 g/mol. The molecule has 1 N–H and O–H groups in total. The minimum atomic E-state index is -0.104. The van der Waals surface area contributed by atoms with Crippen LogP contribution >= 0.6 is 0 Å². The van der Waals surface area contributed by atoms with Gasteiger partial charge in [-0.05, 0) is 36.9 Å². The summed E-state index contributed by atoms with van der Waals surface area (Å²) in [6, 6.07) is 11.3. The highest BCUT2D eigenvalue weighted by molar-refractivity contribution is 5.79. The Morgan fingerprint density at radius 1 is 0.935 bits per heavy atom. The van der Waals surface area contributed by atoms with E-state index in [-0.39, 0.29) is 12.3 Å². The largest absolute Gasteiger partial charge is 0.493 e. The fourth-order valence-electron chi connectivity index (χ4n) is 3.29. The predicted octanol–water partition coefficient (Wildman–Crippen LogP) is 3.29. The molecule has 0 bridgehead atoms. The van der Waals surface area contributed by atoms with E-state index >= 15 is 0 Å². The highest BCUT2D eigenvalue weighted by atomic mass is 16.5. The van der Waals surface area contributed by atoms with Crippen LogP contribution < -0.4 is 24.3 Å². The zero-order valence-electron chi connectivity index (χ0n) is 19.2. The van der Waals surface area contributed by atoms with Crippen molar-refractivity contribution in [2.45, 2.75) is 26.8 Å². The molecule has 0 unspecified atom stereocenters. The maximum absolute atomic E-state index is 12.6. The maximum atomic E-state index is 12.6. The van der Waals surface area contributed by atoms with Gasteiger partial charge in [0.2, 0.25) is 11.7 Å². The van der Waals surface area contributed by atoms with Crippen molar-refractivity contribution < 1.29 is 23.7 Å². The standard InChI is InChI=1S/C24H34N2O5/c1-6-26(7-2)12-13-31-20-11-9-8-10-19(20)17-25-23(27)16-18-14-21(28-3)24(30-5)22(15-18)29-4/h8-11,14-15H,6-7,12-13,16-17H2,1-5H3,(H,25,27). The van der Waals surface area contributed by atoms with Crippen LogP contribution in [0.2, 0.25) is 0 Å². The number of ether oxygens (including phenoxy) is 4. The van der Waals surface area contributed by atoms with Gasteiger partial charge in [0.1, 0.15) is 12.4 Å². The molecular formula is C24H34N2O5. The number of nitrogens with zero attached hydrogens (tertiary/aromatic N) is 1. The van der Waals surface area contributed by atoms with E-state index in [2.05, 4.69) is 24.1 Å². The van der Waals surface area contributed by atoms with Gasteiger partial charge in [-0.25, -0.2) is 0 Å². The number of hydrogen-bond acceptors (Lipinski definition) is 6. The minimum Gasteiger partial charge on any atom is -0.493 e. The molecule has 0 heterocycles. The van der Waals surface area contributed by atoms with Gasteiger partial charge in [0, 0.05) is 18.7 Å². The zero-order chi connectivity index (χ0) is 22.6. The van der Waals surface area contributed by atoms with Crippen molar-refractivity contribution in [1.29, 1.82) is 0 Å². The molecule has 7 heteroatoms. The predicted molar refractivity (Wildman–Crippen MR) is 121 cm³/mol. The zero-order valence-corrected chi connectivity index (χ0v) is 19.2. The molecule has 0 saturated heterocycles.